The molecule has 0 N–H and O–H groups in total. The molecule has 0 aromatic heterocycles. The zero-order valence-electron chi connectivity index (χ0n) is 10.9. The average molecular weight is 247 g/mol. The highest BCUT2D eigenvalue weighted by Crippen LogP contribution is 2.18. The number of hydrogen-bond donors (Lipinski definition) is 0. The molecule has 0 amide bonds. The molecule has 0 aromatic rings. The lowest BCUT2D eigenvalue weighted by Gasteiger charge is -2.29. The summed E-state index contributed by atoms with van der Waals surface area (Å²) in [6.07, 6.45) is 3.72. The highest BCUT2D eigenvalue weighted by molar-refractivity contribution is 4.88. The average Bonchev–Trinajstić information content (AvgIpc) is 2.81. The number of hydrogen-bond acceptors (Lipinski definition) is 5. The Morgan fingerprint density at radius 1 is 0.944 bits per heavy atom. The molecule has 98 valence electrons. The topological polar surface area (TPSA) is 57.3 Å². The van der Waals surface area contributed by atoms with Gasteiger partial charge in [0.2, 0.25) is 0 Å². The fourth-order valence-electron chi connectivity index (χ4n) is 2.98. The lowest BCUT2D eigenvalue weighted by molar-refractivity contribution is 0.158. The van der Waals surface area contributed by atoms with Crippen molar-refractivity contribution in [3.8, 4) is 12.1 Å². The summed E-state index contributed by atoms with van der Waals surface area (Å²) in [5.41, 5.74) is 0. The molecule has 0 aliphatic carbocycles. The van der Waals surface area contributed by atoms with Gasteiger partial charge in [-0.2, -0.15) is 10.5 Å². The van der Waals surface area contributed by atoms with Gasteiger partial charge in [0.25, 0.3) is 0 Å². The van der Waals surface area contributed by atoms with Gasteiger partial charge in [0.05, 0.1) is 31.9 Å². The summed E-state index contributed by atoms with van der Waals surface area (Å²) in [6.45, 7) is 6.02. The maximum absolute atomic E-state index is 8.89. The van der Waals surface area contributed by atoms with Crippen LogP contribution in [-0.2, 0) is 0 Å². The molecule has 18 heavy (non-hydrogen) atoms. The molecule has 0 radical (unpaired) electrons. The fraction of sp³-hybridized carbons (Fsp3) is 0.846. The third kappa shape index (κ3) is 3.43. The van der Waals surface area contributed by atoms with Gasteiger partial charge in [-0.05, 0) is 32.4 Å². The van der Waals surface area contributed by atoms with E-state index in [9.17, 15) is 0 Å². The van der Waals surface area contributed by atoms with Crippen molar-refractivity contribution in [1.29, 1.82) is 10.5 Å². The highest BCUT2D eigenvalue weighted by Gasteiger charge is 2.27. The molecule has 2 rings (SSSR count). The molecule has 0 spiro atoms. The van der Waals surface area contributed by atoms with Gasteiger partial charge in [0.15, 0.2) is 0 Å². The number of nitriles is 2. The largest absolute Gasteiger partial charge is 0.299 e. The summed E-state index contributed by atoms with van der Waals surface area (Å²) in [5, 5.41) is 17.7. The van der Waals surface area contributed by atoms with Gasteiger partial charge < -0.3 is 0 Å². The van der Waals surface area contributed by atoms with Gasteiger partial charge in [-0.1, -0.05) is 0 Å². The van der Waals surface area contributed by atoms with E-state index >= 15 is 0 Å². The van der Waals surface area contributed by atoms with Crippen LogP contribution in [0.3, 0.4) is 0 Å². The van der Waals surface area contributed by atoms with E-state index in [2.05, 4.69) is 26.8 Å². The summed E-state index contributed by atoms with van der Waals surface area (Å²) in [7, 11) is 0. The van der Waals surface area contributed by atoms with E-state index in [0.29, 0.717) is 19.1 Å². The Balaban J connectivity index is 1.97. The Hall–Kier alpha value is -1.14. The molecule has 2 saturated heterocycles. The van der Waals surface area contributed by atoms with Crippen molar-refractivity contribution in [2.75, 3.05) is 45.9 Å². The highest BCUT2D eigenvalue weighted by atomic mass is 15.3. The molecule has 1 unspecified atom stereocenters. The molecular weight excluding hydrogens is 226 g/mol. The minimum atomic E-state index is 0.465. The van der Waals surface area contributed by atoms with Gasteiger partial charge in [-0.25, -0.2) is 0 Å². The van der Waals surface area contributed by atoms with Crippen LogP contribution >= 0.6 is 0 Å². The van der Waals surface area contributed by atoms with E-state index in [0.717, 1.165) is 26.2 Å². The van der Waals surface area contributed by atoms with Crippen LogP contribution < -0.4 is 0 Å². The summed E-state index contributed by atoms with van der Waals surface area (Å²) >= 11 is 0. The molecule has 2 aliphatic heterocycles. The van der Waals surface area contributed by atoms with Crippen LogP contribution in [0, 0.1) is 22.7 Å². The van der Waals surface area contributed by atoms with E-state index < -0.39 is 0 Å². The van der Waals surface area contributed by atoms with E-state index in [1.54, 1.807) is 0 Å². The van der Waals surface area contributed by atoms with Crippen molar-refractivity contribution >= 4 is 0 Å². The zero-order valence-corrected chi connectivity index (χ0v) is 10.9. The molecular formula is C13H21N5. The number of likely N-dealkylation sites (tertiary alicyclic amines) is 1. The van der Waals surface area contributed by atoms with E-state index in [-0.39, 0.29) is 0 Å². The summed E-state index contributed by atoms with van der Waals surface area (Å²) in [6, 6.07) is 5.01. The second-order valence-electron chi connectivity index (χ2n) is 5.21. The molecule has 0 bridgehead atoms. The van der Waals surface area contributed by atoms with Crippen LogP contribution in [0.4, 0.5) is 0 Å². The molecule has 0 saturated carbocycles. The molecule has 2 fully saturated rings. The van der Waals surface area contributed by atoms with Gasteiger partial charge >= 0.3 is 0 Å². The normalized spacial score (nSPS) is 27.6. The van der Waals surface area contributed by atoms with E-state index in [1.807, 2.05) is 0 Å². The molecule has 2 aliphatic rings. The maximum atomic E-state index is 8.89. The Kier molecular flexibility index (Phi) is 4.95. The van der Waals surface area contributed by atoms with Gasteiger partial charge in [-0.15, -0.1) is 0 Å². The standard InChI is InChI=1S/C13H21N5/c14-4-9-16-8-3-13(18-6-1-2-7-18)11-17(12-16)10-5-15/h13H,1-3,6-12H2. The Morgan fingerprint density at radius 3 is 2.28 bits per heavy atom. The second-order valence-corrected chi connectivity index (χ2v) is 5.21. The van der Waals surface area contributed by atoms with Crippen LogP contribution in [0.15, 0.2) is 0 Å². The molecule has 2 heterocycles. The Bertz CT molecular complexity index is 336. The predicted octanol–water partition coefficient (Wildman–Crippen LogP) is 0.463. The number of rotatable bonds is 3. The van der Waals surface area contributed by atoms with Crippen LogP contribution in [-0.4, -0.2) is 66.7 Å². The van der Waals surface area contributed by atoms with Crippen molar-refractivity contribution in [1.82, 2.24) is 14.7 Å². The van der Waals surface area contributed by atoms with Gasteiger partial charge in [-0.3, -0.25) is 14.7 Å². The van der Waals surface area contributed by atoms with E-state index in [4.69, 9.17) is 10.5 Å². The first-order valence-corrected chi connectivity index (χ1v) is 6.76. The smallest absolute Gasteiger partial charge is 0.0876 e. The summed E-state index contributed by atoms with van der Waals surface area (Å²) < 4.78 is 0. The lowest BCUT2D eigenvalue weighted by atomic mass is 10.1. The van der Waals surface area contributed by atoms with Crippen molar-refractivity contribution in [3.05, 3.63) is 0 Å². The Morgan fingerprint density at radius 2 is 1.61 bits per heavy atom. The second kappa shape index (κ2) is 6.70. The van der Waals surface area contributed by atoms with Crippen LogP contribution in [0.25, 0.3) is 0 Å². The van der Waals surface area contributed by atoms with E-state index in [1.165, 1.54) is 25.9 Å². The number of nitrogens with zero attached hydrogens (tertiary/aromatic N) is 5. The third-order valence-corrected chi connectivity index (χ3v) is 3.89. The van der Waals surface area contributed by atoms with Crippen molar-refractivity contribution in [3.63, 3.8) is 0 Å². The Labute approximate surface area is 109 Å². The molecule has 1 atom stereocenters. The van der Waals surface area contributed by atoms with Crippen molar-refractivity contribution < 1.29 is 0 Å². The molecule has 5 nitrogen and oxygen atoms in total. The first-order valence-electron chi connectivity index (χ1n) is 6.76. The predicted molar refractivity (Wildman–Crippen MR) is 68.5 cm³/mol. The van der Waals surface area contributed by atoms with Gasteiger partial charge in [0.1, 0.15) is 0 Å². The fourth-order valence-corrected chi connectivity index (χ4v) is 2.98. The maximum Gasteiger partial charge on any atom is 0.0876 e. The zero-order chi connectivity index (χ0) is 12.8. The molecule has 0 aromatic carbocycles. The monoisotopic (exact) mass is 247 g/mol. The van der Waals surface area contributed by atoms with Crippen LogP contribution in [0.2, 0.25) is 0 Å². The minimum absolute atomic E-state index is 0.465. The SMILES string of the molecule is N#CCN1CCC(N2CCCC2)CN(CC#N)C1. The first-order chi connectivity index (χ1) is 8.83. The summed E-state index contributed by atoms with van der Waals surface area (Å²) in [5.74, 6) is 0. The van der Waals surface area contributed by atoms with Crippen molar-refractivity contribution in [2.24, 2.45) is 0 Å². The van der Waals surface area contributed by atoms with Gasteiger partial charge in [0, 0.05) is 19.1 Å². The molecule has 5 heteroatoms. The third-order valence-electron chi connectivity index (χ3n) is 3.89. The lowest BCUT2D eigenvalue weighted by Crippen LogP contribution is -2.42. The minimum Gasteiger partial charge on any atom is -0.299 e. The van der Waals surface area contributed by atoms with Crippen LogP contribution in [0.1, 0.15) is 19.3 Å². The first kappa shape index (κ1) is 13.3. The quantitative estimate of drug-likeness (QED) is 0.678. The van der Waals surface area contributed by atoms with Crippen molar-refractivity contribution in [2.45, 2.75) is 25.3 Å². The summed E-state index contributed by atoms with van der Waals surface area (Å²) in [4.78, 5) is 6.88. The van der Waals surface area contributed by atoms with Crippen LogP contribution in [0.5, 0.6) is 0 Å².